The van der Waals surface area contributed by atoms with E-state index in [4.69, 9.17) is 0 Å². The van der Waals surface area contributed by atoms with Gasteiger partial charge in [0.25, 0.3) is 0 Å². The lowest BCUT2D eigenvalue weighted by Gasteiger charge is -2.38. The van der Waals surface area contributed by atoms with Crippen LogP contribution in [-0.4, -0.2) is 10.1 Å². The molecule has 2 aromatic rings. The molecule has 2 heteroatoms. The Morgan fingerprint density at radius 1 is 1.10 bits per heavy atom. The predicted molar refractivity (Wildman–Crippen MR) is 85.1 cm³/mol. The maximum Gasteiger partial charge on any atom is 0.120 e. The van der Waals surface area contributed by atoms with E-state index < -0.39 is 5.41 Å². The summed E-state index contributed by atoms with van der Waals surface area (Å²) in [6, 6.07) is 11.5. The molecule has 0 saturated heterocycles. The summed E-state index contributed by atoms with van der Waals surface area (Å²) in [5.74, 6) is 0.360. The molecule has 2 nitrogen and oxygen atoms in total. The van der Waals surface area contributed by atoms with Crippen LogP contribution < -0.4 is 0 Å². The van der Waals surface area contributed by atoms with Crippen molar-refractivity contribution in [3.63, 3.8) is 0 Å². The molecule has 2 atom stereocenters. The monoisotopic (exact) mass is 275 g/mol. The van der Waals surface area contributed by atoms with Crippen LogP contribution in [0.5, 0.6) is 5.75 Å². The van der Waals surface area contributed by atoms with Crippen molar-refractivity contribution >= 4 is 0 Å². The SMILES string of the molecule is C=CC1C=CC=CC1(c1ccncc1)c1ccccc1O. The number of rotatable bonds is 3. The van der Waals surface area contributed by atoms with Crippen LogP contribution in [-0.2, 0) is 5.41 Å². The second-order valence-electron chi connectivity index (χ2n) is 5.13. The van der Waals surface area contributed by atoms with Gasteiger partial charge in [-0.2, -0.15) is 0 Å². The molecule has 1 aromatic heterocycles. The van der Waals surface area contributed by atoms with Gasteiger partial charge in [0.05, 0.1) is 5.41 Å². The fraction of sp³-hybridized carbons (Fsp3) is 0.105. The maximum absolute atomic E-state index is 10.4. The van der Waals surface area contributed by atoms with Gasteiger partial charge >= 0.3 is 0 Å². The standard InChI is InChI=1S/C19H17NO/c1-2-15-7-5-6-12-19(15,16-10-13-20-14-11-16)17-8-3-4-9-18(17)21/h2-15,21H,1H2. The molecule has 0 radical (unpaired) electrons. The number of phenolic OH excluding ortho intramolecular Hbond substituents is 1. The van der Waals surface area contributed by atoms with E-state index in [0.29, 0.717) is 5.75 Å². The molecule has 1 N–H and O–H groups in total. The van der Waals surface area contributed by atoms with Gasteiger partial charge in [0, 0.05) is 23.9 Å². The number of benzene rings is 1. The van der Waals surface area contributed by atoms with E-state index in [0.717, 1.165) is 11.1 Å². The van der Waals surface area contributed by atoms with Crippen molar-refractivity contribution < 1.29 is 5.11 Å². The first-order valence-electron chi connectivity index (χ1n) is 6.96. The molecule has 0 amide bonds. The van der Waals surface area contributed by atoms with E-state index in [1.54, 1.807) is 18.5 Å². The molecule has 1 aliphatic carbocycles. The molecule has 0 saturated carbocycles. The van der Waals surface area contributed by atoms with Gasteiger partial charge in [-0.1, -0.05) is 48.6 Å². The summed E-state index contributed by atoms with van der Waals surface area (Å²) in [6.07, 6.45) is 13.8. The molecule has 1 aromatic carbocycles. The Hall–Kier alpha value is -2.61. The second kappa shape index (κ2) is 5.41. The van der Waals surface area contributed by atoms with E-state index in [-0.39, 0.29) is 5.92 Å². The second-order valence-corrected chi connectivity index (χ2v) is 5.13. The first kappa shape index (κ1) is 13.4. The van der Waals surface area contributed by atoms with Gasteiger partial charge in [-0.3, -0.25) is 4.98 Å². The maximum atomic E-state index is 10.4. The first-order chi connectivity index (χ1) is 10.3. The molecule has 0 bridgehead atoms. The molecular formula is C19H17NO. The molecule has 1 aliphatic rings. The fourth-order valence-corrected chi connectivity index (χ4v) is 3.08. The molecule has 104 valence electrons. The zero-order chi connectivity index (χ0) is 14.7. The van der Waals surface area contributed by atoms with Crippen LogP contribution in [0.25, 0.3) is 0 Å². The minimum atomic E-state index is -0.454. The highest BCUT2D eigenvalue weighted by Gasteiger charge is 2.40. The fourth-order valence-electron chi connectivity index (χ4n) is 3.08. The number of hydrogen-bond donors (Lipinski definition) is 1. The highest BCUT2D eigenvalue weighted by atomic mass is 16.3. The topological polar surface area (TPSA) is 33.1 Å². The van der Waals surface area contributed by atoms with E-state index in [2.05, 4.69) is 23.7 Å². The smallest absolute Gasteiger partial charge is 0.120 e. The van der Waals surface area contributed by atoms with Crippen LogP contribution in [0.1, 0.15) is 11.1 Å². The highest BCUT2D eigenvalue weighted by Crippen LogP contribution is 2.46. The van der Waals surface area contributed by atoms with Crippen molar-refractivity contribution in [2.24, 2.45) is 5.92 Å². The van der Waals surface area contributed by atoms with Crippen LogP contribution in [0, 0.1) is 5.92 Å². The van der Waals surface area contributed by atoms with Gasteiger partial charge in [-0.05, 0) is 23.8 Å². The summed E-state index contributed by atoms with van der Waals surface area (Å²) in [5, 5.41) is 10.4. The predicted octanol–water partition coefficient (Wildman–Crippen LogP) is 4.00. The molecule has 2 unspecified atom stereocenters. The lowest BCUT2D eigenvalue weighted by atomic mass is 9.64. The lowest BCUT2D eigenvalue weighted by Crippen LogP contribution is -2.34. The van der Waals surface area contributed by atoms with Crippen LogP contribution in [0.2, 0.25) is 0 Å². The number of aromatic nitrogens is 1. The van der Waals surface area contributed by atoms with E-state index in [9.17, 15) is 5.11 Å². The van der Waals surface area contributed by atoms with Gasteiger partial charge < -0.3 is 5.11 Å². The summed E-state index contributed by atoms with van der Waals surface area (Å²) in [5.41, 5.74) is 1.51. The number of hydrogen-bond acceptors (Lipinski definition) is 2. The number of pyridine rings is 1. The molecular weight excluding hydrogens is 258 g/mol. The number of phenols is 1. The van der Waals surface area contributed by atoms with E-state index in [1.165, 1.54) is 0 Å². The zero-order valence-corrected chi connectivity index (χ0v) is 11.7. The highest BCUT2D eigenvalue weighted by molar-refractivity contribution is 5.54. The third-order valence-electron chi connectivity index (χ3n) is 4.08. The van der Waals surface area contributed by atoms with Crippen LogP contribution in [0.3, 0.4) is 0 Å². The first-order valence-corrected chi connectivity index (χ1v) is 6.96. The number of allylic oxidation sites excluding steroid dienone is 5. The summed E-state index contributed by atoms with van der Waals surface area (Å²) in [4.78, 5) is 4.11. The number of para-hydroxylation sites is 1. The Morgan fingerprint density at radius 2 is 1.86 bits per heavy atom. The van der Waals surface area contributed by atoms with Crippen LogP contribution in [0.4, 0.5) is 0 Å². The van der Waals surface area contributed by atoms with Gasteiger partial charge in [0.2, 0.25) is 0 Å². The zero-order valence-electron chi connectivity index (χ0n) is 11.7. The average molecular weight is 275 g/mol. The molecule has 21 heavy (non-hydrogen) atoms. The van der Waals surface area contributed by atoms with Crippen molar-refractivity contribution in [1.29, 1.82) is 0 Å². The van der Waals surface area contributed by atoms with Crippen molar-refractivity contribution in [3.8, 4) is 5.75 Å². The summed E-state index contributed by atoms with van der Waals surface area (Å²) in [7, 11) is 0. The molecule has 3 rings (SSSR count). The third kappa shape index (κ3) is 2.09. The summed E-state index contributed by atoms with van der Waals surface area (Å²) >= 11 is 0. The van der Waals surface area contributed by atoms with Crippen LogP contribution in [0.15, 0.2) is 85.8 Å². The van der Waals surface area contributed by atoms with E-state index in [1.807, 2.05) is 48.6 Å². The molecule has 0 spiro atoms. The van der Waals surface area contributed by atoms with Crippen LogP contribution >= 0.6 is 0 Å². The van der Waals surface area contributed by atoms with Crippen molar-refractivity contribution in [1.82, 2.24) is 4.98 Å². The molecule has 1 heterocycles. The minimum Gasteiger partial charge on any atom is -0.508 e. The van der Waals surface area contributed by atoms with Gasteiger partial charge in [-0.15, -0.1) is 6.58 Å². The Bertz CT molecular complexity index is 703. The third-order valence-corrected chi connectivity index (χ3v) is 4.08. The molecule has 0 aliphatic heterocycles. The van der Waals surface area contributed by atoms with E-state index >= 15 is 0 Å². The van der Waals surface area contributed by atoms with Crippen molar-refractivity contribution in [3.05, 3.63) is 96.9 Å². The Kier molecular flexibility index (Phi) is 3.44. The number of aromatic hydroxyl groups is 1. The number of nitrogens with zero attached hydrogens (tertiary/aromatic N) is 1. The Morgan fingerprint density at radius 3 is 2.57 bits per heavy atom. The van der Waals surface area contributed by atoms with Gasteiger partial charge in [-0.25, -0.2) is 0 Å². The quantitative estimate of drug-likeness (QED) is 0.859. The lowest BCUT2D eigenvalue weighted by molar-refractivity contribution is 0.440. The van der Waals surface area contributed by atoms with Crippen molar-refractivity contribution in [2.75, 3.05) is 0 Å². The summed E-state index contributed by atoms with van der Waals surface area (Å²) < 4.78 is 0. The average Bonchev–Trinajstić information content (AvgIpc) is 2.56. The Labute approximate surface area is 124 Å². The van der Waals surface area contributed by atoms with Gasteiger partial charge in [0.15, 0.2) is 0 Å². The van der Waals surface area contributed by atoms with Gasteiger partial charge in [0.1, 0.15) is 5.75 Å². The summed E-state index contributed by atoms with van der Waals surface area (Å²) in [6.45, 7) is 3.98. The Balaban J connectivity index is 2.31. The minimum absolute atomic E-state index is 0.0678. The largest absolute Gasteiger partial charge is 0.508 e. The van der Waals surface area contributed by atoms with Crippen molar-refractivity contribution in [2.45, 2.75) is 5.41 Å². The molecule has 0 fully saturated rings. The normalized spacial score (nSPS) is 23.9.